The van der Waals surface area contributed by atoms with Crippen LogP contribution in [0.15, 0.2) is 60.7 Å². The lowest BCUT2D eigenvalue weighted by molar-refractivity contribution is 0.102. The summed E-state index contributed by atoms with van der Waals surface area (Å²) >= 11 is 0. The number of para-hydroxylation sites is 3. The van der Waals surface area contributed by atoms with E-state index in [1.807, 2.05) is 54.6 Å². The third kappa shape index (κ3) is 2.18. The Morgan fingerprint density at radius 3 is 2.50 bits per heavy atom. The van der Waals surface area contributed by atoms with Crippen LogP contribution in [0.5, 0.6) is 0 Å². The molecule has 5 nitrogen and oxygen atoms in total. The van der Waals surface area contributed by atoms with E-state index in [0.717, 1.165) is 21.9 Å². The van der Waals surface area contributed by atoms with Gasteiger partial charge in [0.1, 0.15) is 5.69 Å². The molecule has 5 heteroatoms. The predicted molar refractivity (Wildman–Crippen MR) is 85.8 cm³/mol. The van der Waals surface area contributed by atoms with Crippen molar-refractivity contribution in [1.29, 1.82) is 0 Å². The number of fused-ring (bicyclic) bond motifs is 2. The Morgan fingerprint density at radius 2 is 1.64 bits per heavy atom. The molecule has 0 bridgehead atoms. The van der Waals surface area contributed by atoms with Gasteiger partial charge < -0.3 is 4.98 Å². The summed E-state index contributed by atoms with van der Waals surface area (Å²) in [6.07, 6.45) is 0. The fourth-order valence-electron chi connectivity index (χ4n) is 2.38. The summed E-state index contributed by atoms with van der Waals surface area (Å²) in [5, 5.41) is 3.75. The van der Waals surface area contributed by atoms with Gasteiger partial charge in [0.25, 0.3) is 5.91 Å². The molecule has 0 aliphatic heterocycles. The number of amides is 1. The number of hydrogen-bond donors (Lipinski definition) is 2. The number of aromatic nitrogens is 3. The quantitative estimate of drug-likeness (QED) is 0.594. The Kier molecular flexibility index (Phi) is 2.83. The van der Waals surface area contributed by atoms with Crippen molar-refractivity contribution in [3.63, 3.8) is 0 Å². The van der Waals surface area contributed by atoms with Crippen molar-refractivity contribution in [2.24, 2.45) is 0 Å². The van der Waals surface area contributed by atoms with E-state index in [1.165, 1.54) is 0 Å². The van der Waals surface area contributed by atoms with Crippen LogP contribution in [0, 0.1) is 0 Å². The number of aromatic amines is 1. The van der Waals surface area contributed by atoms with E-state index < -0.39 is 0 Å². The van der Waals surface area contributed by atoms with Gasteiger partial charge in [-0.05, 0) is 24.3 Å². The van der Waals surface area contributed by atoms with Crippen molar-refractivity contribution < 1.29 is 4.79 Å². The molecule has 2 N–H and O–H groups in total. The minimum atomic E-state index is -0.287. The van der Waals surface area contributed by atoms with Crippen LogP contribution in [0.4, 0.5) is 5.95 Å². The molecule has 2 aromatic carbocycles. The molecule has 2 heterocycles. The minimum absolute atomic E-state index is 0.287. The lowest BCUT2D eigenvalue weighted by Gasteiger charge is -2.03. The van der Waals surface area contributed by atoms with E-state index in [0.29, 0.717) is 11.6 Å². The number of pyridine rings is 1. The van der Waals surface area contributed by atoms with Crippen molar-refractivity contribution in [2.75, 3.05) is 5.32 Å². The fourth-order valence-corrected chi connectivity index (χ4v) is 2.38. The summed E-state index contributed by atoms with van der Waals surface area (Å²) in [5.74, 6) is 0.131. The molecule has 0 spiro atoms. The molecule has 0 aliphatic carbocycles. The topological polar surface area (TPSA) is 70.7 Å². The predicted octanol–water partition coefficient (Wildman–Crippen LogP) is 3.36. The second kappa shape index (κ2) is 4.96. The number of rotatable bonds is 2. The smallest absolute Gasteiger partial charge is 0.276 e. The third-order valence-corrected chi connectivity index (χ3v) is 3.45. The van der Waals surface area contributed by atoms with E-state index in [4.69, 9.17) is 0 Å². The number of imidazole rings is 1. The maximum Gasteiger partial charge on any atom is 0.276 e. The lowest BCUT2D eigenvalue weighted by atomic mass is 10.2. The molecule has 0 atom stereocenters. The van der Waals surface area contributed by atoms with Gasteiger partial charge in [0.15, 0.2) is 0 Å². The van der Waals surface area contributed by atoms with Gasteiger partial charge in [-0.25, -0.2) is 9.97 Å². The molecule has 1 amide bonds. The Morgan fingerprint density at radius 1 is 0.864 bits per heavy atom. The van der Waals surface area contributed by atoms with Gasteiger partial charge >= 0.3 is 0 Å². The van der Waals surface area contributed by atoms with Crippen LogP contribution in [-0.2, 0) is 0 Å². The Bertz CT molecular complexity index is 957. The molecular formula is C17H12N4O. The van der Waals surface area contributed by atoms with Gasteiger partial charge in [-0.3, -0.25) is 10.1 Å². The van der Waals surface area contributed by atoms with Crippen LogP contribution in [0.2, 0.25) is 0 Å². The summed E-state index contributed by atoms with van der Waals surface area (Å²) < 4.78 is 0. The standard InChI is InChI=1S/C17H12N4O/c22-16(15-10-9-11-5-1-2-6-12(11)18-15)21-17-19-13-7-3-4-8-14(13)20-17/h1-10H,(H2,19,20,21,22). The highest BCUT2D eigenvalue weighted by Crippen LogP contribution is 2.15. The number of hydrogen-bond acceptors (Lipinski definition) is 3. The lowest BCUT2D eigenvalue weighted by Crippen LogP contribution is -2.14. The van der Waals surface area contributed by atoms with Crippen LogP contribution in [0.3, 0.4) is 0 Å². The highest BCUT2D eigenvalue weighted by atomic mass is 16.2. The van der Waals surface area contributed by atoms with Crippen LogP contribution >= 0.6 is 0 Å². The van der Waals surface area contributed by atoms with Gasteiger partial charge in [0.2, 0.25) is 5.95 Å². The Hall–Kier alpha value is -3.21. The summed E-state index contributed by atoms with van der Waals surface area (Å²) in [5.41, 5.74) is 2.84. The van der Waals surface area contributed by atoms with E-state index >= 15 is 0 Å². The van der Waals surface area contributed by atoms with E-state index in [9.17, 15) is 4.79 Å². The number of benzene rings is 2. The molecule has 2 aromatic heterocycles. The van der Waals surface area contributed by atoms with Crippen LogP contribution in [0.1, 0.15) is 10.5 Å². The van der Waals surface area contributed by atoms with Crippen molar-refractivity contribution >= 4 is 33.8 Å². The van der Waals surface area contributed by atoms with E-state index in [2.05, 4.69) is 20.3 Å². The Labute approximate surface area is 126 Å². The molecule has 0 saturated heterocycles. The number of carbonyl (C=O) groups excluding carboxylic acids is 1. The monoisotopic (exact) mass is 288 g/mol. The average molecular weight is 288 g/mol. The molecule has 106 valence electrons. The molecule has 0 unspecified atom stereocenters. The average Bonchev–Trinajstić information content (AvgIpc) is 2.96. The number of nitrogens with one attached hydrogen (secondary N) is 2. The summed E-state index contributed by atoms with van der Waals surface area (Å²) in [7, 11) is 0. The van der Waals surface area contributed by atoms with Crippen molar-refractivity contribution in [3.05, 3.63) is 66.4 Å². The minimum Gasteiger partial charge on any atom is -0.324 e. The van der Waals surface area contributed by atoms with Crippen molar-refractivity contribution in [3.8, 4) is 0 Å². The first-order valence-corrected chi connectivity index (χ1v) is 6.91. The second-order valence-electron chi connectivity index (χ2n) is 4.95. The largest absolute Gasteiger partial charge is 0.324 e. The summed E-state index contributed by atoms with van der Waals surface area (Å²) in [4.78, 5) is 24.1. The molecule has 4 rings (SSSR count). The molecule has 0 fully saturated rings. The van der Waals surface area contributed by atoms with Gasteiger partial charge in [0, 0.05) is 5.39 Å². The third-order valence-electron chi connectivity index (χ3n) is 3.45. The maximum absolute atomic E-state index is 12.3. The Balaban J connectivity index is 1.65. The zero-order valence-corrected chi connectivity index (χ0v) is 11.6. The molecule has 4 aromatic rings. The highest BCUT2D eigenvalue weighted by molar-refractivity contribution is 6.03. The number of H-pyrrole nitrogens is 1. The van der Waals surface area contributed by atoms with Crippen molar-refractivity contribution in [1.82, 2.24) is 15.0 Å². The van der Waals surface area contributed by atoms with E-state index in [-0.39, 0.29) is 5.91 Å². The normalized spacial score (nSPS) is 10.9. The molecule has 22 heavy (non-hydrogen) atoms. The molecule has 0 aliphatic rings. The van der Waals surface area contributed by atoms with Crippen LogP contribution in [0.25, 0.3) is 21.9 Å². The van der Waals surface area contributed by atoms with Crippen molar-refractivity contribution in [2.45, 2.75) is 0 Å². The molecule has 0 saturated carbocycles. The molecule has 0 radical (unpaired) electrons. The first-order valence-electron chi connectivity index (χ1n) is 6.91. The second-order valence-corrected chi connectivity index (χ2v) is 4.95. The first-order chi connectivity index (χ1) is 10.8. The van der Waals surface area contributed by atoms with Gasteiger partial charge in [0.05, 0.1) is 16.6 Å². The van der Waals surface area contributed by atoms with Gasteiger partial charge in [-0.15, -0.1) is 0 Å². The van der Waals surface area contributed by atoms with Crippen LogP contribution < -0.4 is 5.32 Å². The van der Waals surface area contributed by atoms with Crippen LogP contribution in [-0.4, -0.2) is 20.9 Å². The van der Waals surface area contributed by atoms with E-state index in [1.54, 1.807) is 6.07 Å². The SMILES string of the molecule is O=C(Nc1nc2ccccc2[nH]1)c1ccc2ccccc2n1. The summed E-state index contributed by atoms with van der Waals surface area (Å²) in [6.45, 7) is 0. The van der Waals surface area contributed by atoms with Gasteiger partial charge in [-0.1, -0.05) is 36.4 Å². The summed E-state index contributed by atoms with van der Waals surface area (Å²) in [6, 6.07) is 18.9. The highest BCUT2D eigenvalue weighted by Gasteiger charge is 2.11. The number of carbonyl (C=O) groups is 1. The fraction of sp³-hybridized carbons (Fsp3) is 0. The maximum atomic E-state index is 12.3. The zero-order chi connectivity index (χ0) is 14.9. The number of nitrogens with zero attached hydrogens (tertiary/aromatic N) is 2. The first kappa shape index (κ1) is 12.5. The van der Waals surface area contributed by atoms with Gasteiger partial charge in [-0.2, -0.15) is 0 Å². The number of anilines is 1. The molecular weight excluding hydrogens is 276 g/mol. The zero-order valence-electron chi connectivity index (χ0n) is 11.6.